The van der Waals surface area contributed by atoms with Crippen LogP contribution < -0.4 is 5.32 Å². The van der Waals surface area contributed by atoms with Gasteiger partial charge in [0.2, 0.25) is 0 Å². The van der Waals surface area contributed by atoms with Gasteiger partial charge in [-0.25, -0.2) is 4.98 Å². The van der Waals surface area contributed by atoms with E-state index in [-0.39, 0.29) is 11.5 Å². The maximum atomic E-state index is 12.0. The molecule has 6 heteroatoms. The average Bonchev–Trinajstić information content (AvgIpc) is 2.32. The van der Waals surface area contributed by atoms with E-state index in [2.05, 4.69) is 26.2 Å². The Bertz CT molecular complexity index is 567. The normalized spacial score (nSPS) is 10.2. The third-order valence-corrected chi connectivity index (χ3v) is 3.26. The minimum absolute atomic E-state index is 0.241. The summed E-state index contributed by atoms with van der Waals surface area (Å²) in [5.41, 5.74) is 0.241. The molecule has 0 bridgehead atoms. The monoisotopic (exact) mass is 344 g/mol. The predicted octanol–water partition coefficient (Wildman–Crippen LogP) is 4.40. The summed E-state index contributed by atoms with van der Waals surface area (Å²) >= 11 is 15.1. The van der Waals surface area contributed by atoms with Gasteiger partial charge in [0.05, 0.1) is 15.6 Å². The molecule has 2 rings (SSSR count). The van der Waals surface area contributed by atoms with Gasteiger partial charge in [0.15, 0.2) is 0 Å². The van der Waals surface area contributed by atoms with Crippen molar-refractivity contribution in [3.63, 3.8) is 0 Å². The molecule has 1 amide bonds. The lowest BCUT2D eigenvalue weighted by Gasteiger charge is -2.07. The Kier molecular flexibility index (Phi) is 4.22. The number of anilines is 1. The van der Waals surface area contributed by atoms with Crippen LogP contribution in [0, 0.1) is 0 Å². The highest BCUT2D eigenvalue weighted by molar-refractivity contribution is 9.10. The van der Waals surface area contributed by atoms with E-state index in [0.29, 0.717) is 15.9 Å². The Morgan fingerprint density at radius 2 is 1.83 bits per heavy atom. The first kappa shape index (κ1) is 13.3. The number of carbonyl (C=O) groups excluding carboxylic acids is 1. The van der Waals surface area contributed by atoms with Crippen LogP contribution in [0.1, 0.15) is 10.4 Å². The summed E-state index contributed by atoms with van der Waals surface area (Å²) in [4.78, 5) is 16.0. The number of hydrogen-bond donors (Lipinski definition) is 1. The van der Waals surface area contributed by atoms with Crippen molar-refractivity contribution in [2.45, 2.75) is 0 Å². The standard InChI is InChI=1S/C12H7BrCl2N2O/c13-7-4-5-10(16-6-7)17-12(18)11-8(14)2-1-3-9(11)15/h1-6H,(H,16,17,18). The Labute approximate surface area is 122 Å². The second-order valence-corrected chi connectivity index (χ2v) is 5.14. The van der Waals surface area contributed by atoms with Crippen molar-refractivity contribution in [3.8, 4) is 0 Å². The number of nitrogens with one attached hydrogen (secondary N) is 1. The molecule has 0 fully saturated rings. The molecule has 2 aromatic rings. The molecule has 0 aliphatic rings. The number of hydrogen-bond acceptors (Lipinski definition) is 2. The fraction of sp³-hybridized carbons (Fsp3) is 0. The zero-order valence-electron chi connectivity index (χ0n) is 8.95. The van der Waals surface area contributed by atoms with Gasteiger partial charge < -0.3 is 5.32 Å². The molecule has 1 aromatic heterocycles. The maximum absolute atomic E-state index is 12.0. The van der Waals surface area contributed by atoms with Crippen LogP contribution in [0.3, 0.4) is 0 Å². The number of rotatable bonds is 2. The van der Waals surface area contributed by atoms with E-state index in [1.165, 1.54) is 0 Å². The summed E-state index contributed by atoms with van der Waals surface area (Å²) in [6.45, 7) is 0. The smallest absolute Gasteiger partial charge is 0.259 e. The van der Waals surface area contributed by atoms with E-state index in [1.807, 2.05) is 0 Å². The Morgan fingerprint density at radius 3 is 2.39 bits per heavy atom. The number of benzene rings is 1. The van der Waals surface area contributed by atoms with Gasteiger partial charge in [0.1, 0.15) is 5.82 Å². The van der Waals surface area contributed by atoms with E-state index in [1.54, 1.807) is 36.5 Å². The van der Waals surface area contributed by atoms with E-state index in [4.69, 9.17) is 23.2 Å². The summed E-state index contributed by atoms with van der Waals surface area (Å²) in [7, 11) is 0. The highest BCUT2D eigenvalue weighted by Gasteiger charge is 2.14. The van der Waals surface area contributed by atoms with E-state index in [9.17, 15) is 4.79 Å². The number of carbonyl (C=O) groups is 1. The highest BCUT2D eigenvalue weighted by Crippen LogP contribution is 2.25. The molecular formula is C12H7BrCl2N2O. The van der Waals surface area contributed by atoms with Crippen LogP contribution in [0.25, 0.3) is 0 Å². The lowest BCUT2D eigenvalue weighted by atomic mass is 10.2. The second-order valence-electron chi connectivity index (χ2n) is 3.41. The summed E-state index contributed by atoms with van der Waals surface area (Å²) in [5.74, 6) is 0.0413. The summed E-state index contributed by atoms with van der Waals surface area (Å²) in [6, 6.07) is 8.34. The highest BCUT2D eigenvalue weighted by atomic mass is 79.9. The maximum Gasteiger partial charge on any atom is 0.259 e. The summed E-state index contributed by atoms with van der Waals surface area (Å²) in [5, 5.41) is 3.23. The van der Waals surface area contributed by atoms with Crippen LogP contribution in [0.15, 0.2) is 41.0 Å². The molecule has 0 saturated carbocycles. The van der Waals surface area contributed by atoms with Crippen molar-refractivity contribution in [2.75, 3.05) is 5.32 Å². The first-order valence-corrected chi connectivity index (χ1v) is 6.50. The average molecular weight is 346 g/mol. The molecular weight excluding hydrogens is 339 g/mol. The van der Waals surface area contributed by atoms with Crippen molar-refractivity contribution in [2.24, 2.45) is 0 Å². The van der Waals surface area contributed by atoms with Gasteiger partial charge in [-0.1, -0.05) is 29.3 Å². The first-order chi connectivity index (χ1) is 8.58. The van der Waals surface area contributed by atoms with Gasteiger partial charge in [0.25, 0.3) is 5.91 Å². The SMILES string of the molecule is O=C(Nc1ccc(Br)cn1)c1c(Cl)cccc1Cl. The van der Waals surface area contributed by atoms with Gasteiger partial charge in [-0.05, 0) is 40.2 Å². The van der Waals surface area contributed by atoms with Crippen LogP contribution in [-0.4, -0.2) is 10.9 Å². The zero-order valence-corrected chi connectivity index (χ0v) is 12.1. The molecule has 0 spiro atoms. The Morgan fingerprint density at radius 1 is 1.17 bits per heavy atom. The van der Waals surface area contributed by atoms with E-state index < -0.39 is 0 Å². The van der Waals surface area contributed by atoms with Crippen molar-refractivity contribution in [1.29, 1.82) is 0 Å². The molecule has 3 nitrogen and oxygen atoms in total. The van der Waals surface area contributed by atoms with Crippen LogP contribution in [-0.2, 0) is 0 Å². The minimum atomic E-state index is -0.388. The van der Waals surface area contributed by atoms with Gasteiger partial charge in [-0.3, -0.25) is 4.79 Å². The van der Waals surface area contributed by atoms with Gasteiger partial charge in [0, 0.05) is 10.7 Å². The topological polar surface area (TPSA) is 42.0 Å². The van der Waals surface area contributed by atoms with Gasteiger partial charge in [-0.2, -0.15) is 0 Å². The molecule has 0 radical (unpaired) electrons. The number of pyridine rings is 1. The molecule has 18 heavy (non-hydrogen) atoms. The van der Waals surface area contributed by atoms with Crippen molar-refractivity contribution < 1.29 is 4.79 Å². The molecule has 0 aliphatic carbocycles. The number of amides is 1. The van der Waals surface area contributed by atoms with Crippen molar-refractivity contribution >= 4 is 50.9 Å². The summed E-state index contributed by atoms with van der Waals surface area (Å²) < 4.78 is 0.830. The molecule has 92 valence electrons. The number of aromatic nitrogens is 1. The molecule has 1 heterocycles. The fourth-order valence-electron chi connectivity index (χ4n) is 1.34. The number of halogens is 3. The van der Waals surface area contributed by atoms with E-state index in [0.717, 1.165) is 4.47 Å². The predicted molar refractivity (Wildman–Crippen MR) is 76.4 cm³/mol. The molecule has 0 unspecified atom stereocenters. The van der Waals surface area contributed by atoms with Gasteiger partial charge in [-0.15, -0.1) is 0 Å². The third kappa shape index (κ3) is 3.02. The number of nitrogens with zero attached hydrogens (tertiary/aromatic N) is 1. The van der Waals surface area contributed by atoms with Crippen molar-refractivity contribution in [3.05, 3.63) is 56.6 Å². The van der Waals surface area contributed by atoms with Crippen LogP contribution in [0.4, 0.5) is 5.82 Å². The Hall–Kier alpha value is -1.10. The van der Waals surface area contributed by atoms with Crippen LogP contribution >= 0.6 is 39.1 Å². The van der Waals surface area contributed by atoms with Crippen LogP contribution in [0.5, 0.6) is 0 Å². The minimum Gasteiger partial charge on any atom is -0.306 e. The Balaban J connectivity index is 2.25. The quantitative estimate of drug-likeness (QED) is 0.876. The lowest BCUT2D eigenvalue weighted by Crippen LogP contribution is -2.14. The molecule has 1 aromatic carbocycles. The zero-order chi connectivity index (χ0) is 13.1. The third-order valence-electron chi connectivity index (χ3n) is 2.16. The fourth-order valence-corrected chi connectivity index (χ4v) is 2.15. The van der Waals surface area contributed by atoms with Crippen molar-refractivity contribution in [1.82, 2.24) is 4.98 Å². The van der Waals surface area contributed by atoms with Crippen LogP contribution in [0.2, 0.25) is 10.0 Å². The second kappa shape index (κ2) is 5.69. The molecule has 0 aliphatic heterocycles. The lowest BCUT2D eigenvalue weighted by molar-refractivity contribution is 0.102. The molecule has 1 N–H and O–H groups in total. The largest absolute Gasteiger partial charge is 0.306 e. The van der Waals surface area contributed by atoms with E-state index >= 15 is 0 Å². The van der Waals surface area contributed by atoms with Gasteiger partial charge >= 0.3 is 0 Å². The first-order valence-electron chi connectivity index (χ1n) is 4.95. The molecule has 0 atom stereocenters. The summed E-state index contributed by atoms with van der Waals surface area (Å²) in [6.07, 6.45) is 1.59. The molecule has 0 saturated heterocycles.